The van der Waals surface area contributed by atoms with Crippen molar-refractivity contribution in [2.45, 2.75) is 78.9 Å². The fourth-order valence-corrected chi connectivity index (χ4v) is 4.60. The summed E-state index contributed by atoms with van der Waals surface area (Å²) < 4.78 is 39.3. The number of hydrogen-bond acceptors (Lipinski definition) is 2. The van der Waals surface area contributed by atoms with Crippen LogP contribution in [0.15, 0.2) is 42.5 Å². The third-order valence-electron chi connectivity index (χ3n) is 6.54. The topological polar surface area (TPSA) is 40.5 Å². The minimum absolute atomic E-state index is 0.0976. The highest BCUT2D eigenvalue weighted by Gasteiger charge is 2.30. The van der Waals surface area contributed by atoms with Crippen LogP contribution in [0.5, 0.6) is 0 Å². The average molecular weight is 492 g/mol. The van der Waals surface area contributed by atoms with Crippen molar-refractivity contribution < 1.29 is 23.1 Å². The second-order valence-electron chi connectivity index (χ2n) is 10.2. The molecular formula is C29H40F3NO2. The second kappa shape index (κ2) is 12.6. The van der Waals surface area contributed by atoms with E-state index in [1.165, 1.54) is 12.1 Å². The van der Waals surface area contributed by atoms with Gasteiger partial charge < -0.3 is 5.11 Å². The maximum Gasteiger partial charge on any atom is 0.416 e. The SMILES string of the molecule is CCC(c1cc(-c2ccc(C(F)(F)F)cc2)cc(C(CC(C)C)C(=O)O)c1)N(CC)CCC(C)C. The van der Waals surface area contributed by atoms with Crippen LogP contribution < -0.4 is 0 Å². The molecule has 6 heteroatoms. The van der Waals surface area contributed by atoms with E-state index in [4.69, 9.17) is 0 Å². The van der Waals surface area contributed by atoms with Crippen LogP contribution in [-0.2, 0) is 11.0 Å². The minimum Gasteiger partial charge on any atom is -0.481 e. The highest BCUT2D eigenvalue weighted by molar-refractivity contribution is 5.77. The Bertz CT molecular complexity index is 951. The van der Waals surface area contributed by atoms with Gasteiger partial charge in [-0.1, -0.05) is 65.8 Å². The van der Waals surface area contributed by atoms with Gasteiger partial charge in [0, 0.05) is 6.04 Å². The number of alkyl halides is 3. The predicted octanol–water partition coefficient (Wildman–Crippen LogP) is 8.41. The van der Waals surface area contributed by atoms with Gasteiger partial charge in [-0.05, 0) is 84.6 Å². The minimum atomic E-state index is -4.40. The smallest absolute Gasteiger partial charge is 0.416 e. The van der Waals surface area contributed by atoms with Gasteiger partial charge in [0.2, 0.25) is 0 Å². The number of rotatable bonds is 12. The molecule has 3 nitrogen and oxygen atoms in total. The number of benzene rings is 2. The molecule has 0 spiro atoms. The summed E-state index contributed by atoms with van der Waals surface area (Å²) in [6, 6.07) is 11.1. The Labute approximate surface area is 208 Å². The lowest BCUT2D eigenvalue weighted by atomic mass is 9.85. The van der Waals surface area contributed by atoms with Crippen molar-refractivity contribution >= 4 is 5.97 Å². The normalized spacial score (nSPS) is 14.1. The predicted molar refractivity (Wildman–Crippen MR) is 136 cm³/mol. The zero-order valence-corrected chi connectivity index (χ0v) is 21.8. The molecule has 0 heterocycles. The van der Waals surface area contributed by atoms with Gasteiger partial charge in [-0.2, -0.15) is 13.2 Å². The Morgan fingerprint density at radius 1 is 0.914 bits per heavy atom. The first-order chi connectivity index (χ1) is 16.4. The molecule has 0 aromatic heterocycles. The monoisotopic (exact) mass is 491 g/mol. The summed E-state index contributed by atoms with van der Waals surface area (Å²) in [4.78, 5) is 14.6. The Kier molecular flexibility index (Phi) is 10.4. The van der Waals surface area contributed by atoms with Gasteiger partial charge >= 0.3 is 12.1 Å². The van der Waals surface area contributed by atoms with Crippen LogP contribution >= 0.6 is 0 Å². The van der Waals surface area contributed by atoms with Crippen LogP contribution in [0, 0.1) is 11.8 Å². The zero-order valence-electron chi connectivity index (χ0n) is 21.8. The molecule has 0 saturated heterocycles. The van der Waals surface area contributed by atoms with Crippen molar-refractivity contribution in [3.05, 3.63) is 59.2 Å². The van der Waals surface area contributed by atoms with E-state index in [-0.39, 0.29) is 12.0 Å². The summed E-state index contributed by atoms with van der Waals surface area (Å²) in [5.74, 6) is -0.798. The van der Waals surface area contributed by atoms with Crippen molar-refractivity contribution in [1.82, 2.24) is 4.90 Å². The highest BCUT2D eigenvalue weighted by atomic mass is 19.4. The van der Waals surface area contributed by atoms with Gasteiger partial charge in [-0.3, -0.25) is 9.69 Å². The van der Waals surface area contributed by atoms with E-state index < -0.39 is 23.6 Å². The van der Waals surface area contributed by atoms with Crippen LogP contribution in [0.2, 0.25) is 0 Å². The van der Waals surface area contributed by atoms with E-state index >= 15 is 0 Å². The number of carbonyl (C=O) groups is 1. The zero-order chi connectivity index (χ0) is 26.3. The van der Waals surface area contributed by atoms with E-state index in [0.29, 0.717) is 23.5 Å². The van der Waals surface area contributed by atoms with E-state index in [2.05, 4.69) is 32.6 Å². The van der Waals surface area contributed by atoms with Crippen molar-refractivity contribution in [2.75, 3.05) is 13.1 Å². The summed E-state index contributed by atoms with van der Waals surface area (Å²) in [6.45, 7) is 14.4. The molecular weight excluding hydrogens is 451 g/mol. The molecule has 0 bridgehead atoms. The Morgan fingerprint density at radius 3 is 1.97 bits per heavy atom. The standard InChI is InChI=1S/C29H40F3NO2/c1-7-27(33(8-2)14-13-19(3)4)24-17-22(21-9-11-25(12-10-21)29(30,31)32)16-23(18-24)26(28(34)35)15-20(5)6/h9-12,16-20,26-27H,7-8,13-15H2,1-6H3,(H,34,35). The van der Waals surface area contributed by atoms with E-state index in [9.17, 15) is 23.1 Å². The average Bonchev–Trinajstić information content (AvgIpc) is 2.79. The molecule has 0 saturated carbocycles. The molecule has 0 aliphatic heterocycles. The second-order valence-corrected chi connectivity index (χ2v) is 10.2. The van der Waals surface area contributed by atoms with Crippen LogP contribution in [0.3, 0.4) is 0 Å². The van der Waals surface area contributed by atoms with Crippen molar-refractivity contribution in [3.63, 3.8) is 0 Å². The fourth-order valence-electron chi connectivity index (χ4n) is 4.60. The third-order valence-corrected chi connectivity index (χ3v) is 6.54. The molecule has 2 atom stereocenters. The highest BCUT2D eigenvalue weighted by Crippen LogP contribution is 2.36. The van der Waals surface area contributed by atoms with E-state index in [0.717, 1.165) is 49.2 Å². The number of aliphatic carboxylic acids is 1. The molecule has 194 valence electrons. The Morgan fingerprint density at radius 2 is 1.51 bits per heavy atom. The van der Waals surface area contributed by atoms with Gasteiger partial charge in [0.1, 0.15) is 0 Å². The largest absolute Gasteiger partial charge is 0.481 e. The van der Waals surface area contributed by atoms with Gasteiger partial charge in [-0.15, -0.1) is 0 Å². The van der Waals surface area contributed by atoms with Crippen molar-refractivity contribution in [3.8, 4) is 11.1 Å². The Balaban J connectivity index is 2.63. The van der Waals surface area contributed by atoms with Crippen LogP contribution in [-0.4, -0.2) is 29.1 Å². The van der Waals surface area contributed by atoms with Gasteiger partial charge in [0.25, 0.3) is 0 Å². The summed E-state index contributed by atoms with van der Waals surface area (Å²) in [6.07, 6.45) is -2.00. The van der Waals surface area contributed by atoms with E-state index in [1.807, 2.05) is 32.0 Å². The van der Waals surface area contributed by atoms with Crippen LogP contribution in [0.1, 0.15) is 89.5 Å². The Hall–Kier alpha value is -2.34. The van der Waals surface area contributed by atoms with Crippen LogP contribution in [0.25, 0.3) is 11.1 Å². The molecule has 0 aliphatic carbocycles. The summed E-state index contributed by atoms with van der Waals surface area (Å²) >= 11 is 0. The molecule has 0 fully saturated rings. The number of nitrogens with zero attached hydrogens (tertiary/aromatic N) is 1. The summed E-state index contributed by atoms with van der Waals surface area (Å²) in [7, 11) is 0. The third kappa shape index (κ3) is 8.09. The lowest BCUT2D eigenvalue weighted by Gasteiger charge is -2.32. The lowest BCUT2D eigenvalue weighted by molar-refractivity contribution is -0.139. The van der Waals surface area contributed by atoms with Crippen molar-refractivity contribution in [2.24, 2.45) is 11.8 Å². The molecule has 2 rings (SSSR count). The first kappa shape index (κ1) is 28.9. The molecule has 0 aliphatic rings. The molecule has 2 unspecified atom stereocenters. The first-order valence-corrected chi connectivity index (χ1v) is 12.7. The molecule has 0 radical (unpaired) electrons. The van der Waals surface area contributed by atoms with Gasteiger partial charge in [0.05, 0.1) is 11.5 Å². The molecule has 35 heavy (non-hydrogen) atoms. The van der Waals surface area contributed by atoms with Gasteiger partial charge in [0.15, 0.2) is 0 Å². The number of carboxylic acid groups (broad SMARTS) is 1. The van der Waals surface area contributed by atoms with Gasteiger partial charge in [-0.25, -0.2) is 0 Å². The summed E-state index contributed by atoms with van der Waals surface area (Å²) in [5.41, 5.74) is 2.42. The maximum atomic E-state index is 13.1. The fraction of sp³-hybridized carbons (Fsp3) is 0.552. The molecule has 1 N–H and O–H groups in total. The number of hydrogen-bond donors (Lipinski definition) is 1. The van der Waals surface area contributed by atoms with Crippen molar-refractivity contribution in [1.29, 1.82) is 0 Å². The van der Waals surface area contributed by atoms with Crippen LogP contribution in [0.4, 0.5) is 13.2 Å². The summed E-state index contributed by atoms with van der Waals surface area (Å²) in [5, 5.41) is 10.0. The molecule has 2 aromatic carbocycles. The molecule has 2 aromatic rings. The number of carboxylic acids is 1. The quantitative estimate of drug-likeness (QED) is 0.324. The maximum absolute atomic E-state index is 13.1. The number of halogens is 3. The first-order valence-electron chi connectivity index (χ1n) is 12.7. The lowest BCUT2D eigenvalue weighted by Crippen LogP contribution is -2.30. The molecule has 0 amide bonds. The van der Waals surface area contributed by atoms with E-state index in [1.54, 1.807) is 0 Å².